The van der Waals surface area contributed by atoms with E-state index >= 15 is 4.39 Å². The second-order valence-electron chi connectivity index (χ2n) is 9.87. The molecule has 17 heteroatoms. The Bertz CT molecular complexity index is 1300. The van der Waals surface area contributed by atoms with Crippen molar-refractivity contribution in [3.8, 4) is 0 Å². The molecule has 2 saturated carbocycles. The lowest BCUT2D eigenvalue weighted by molar-refractivity contribution is -0.234. The van der Waals surface area contributed by atoms with Crippen LogP contribution in [0.15, 0.2) is 21.9 Å². The van der Waals surface area contributed by atoms with Crippen LogP contribution in [0.4, 0.5) is 4.39 Å². The number of hydrogen-bond acceptors (Lipinski definition) is 13. The standard InChI is InChI=1S/C22H28FN2O13P/c1-13(26)31-11-33-39(30,34-12-32-14(2)27)36-16-21(10-23)22(16)19(3,37-20(38-22)7-4-5-8-20)17(35-21)25-9-6-15(28)24-18(25)29/h6,9,16-17H,4-5,7-8,10-12H2,1-3H3,(H,24,28,29)/t16?,17-,19+,21-,22+/m1/s1. The van der Waals surface area contributed by atoms with Gasteiger partial charge in [0.2, 0.25) is 13.6 Å². The number of carbonyl (C=O) groups is 2. The number of halogens is 1. The second-order valence-corrected chi connectivity index (χ2v) is 11.5. The number of nitrogens with one attached hydrogen (secondary N) is 1. The number of H-pyrrole nitrogens is 1. The largest absolute Gasteiger partial charge is 0.481 e. The maximum Gasteiger partial charge on any atom is 0.481 e. The Morgan fingerprint density at radius 2 is 1.74 bits per heavy atom. The summed E-state index contributed by atoms with van der Waals surface area (Å²) in [7, 11) is -4.72. The number of rotatable bonds is 10. The van der Waals surface area contributed by atoms with Crippen molar-refractivity contribution < 1.29 is 55.8 Å². The third-order valence-electron chi connectivity index (χ3n) is 7.46. The van der Waals surface area contributed by atoms with Gasteiger partial charge >= 0.3 is 25.5 Å². The third kappa shape index (κ3) is 4.29. The first-order valence-corrected chi connectivity index (χ1v) is 13.6. The van der Waals surface area contributed by atoms with E-state index in [1.54, 1.807) is 6.92 Å². The molecule has 5 rings (SSSR count). The van der Waals surface area contributed by atoms with Crippen molar-refractivity contribution in [3.05, 3.63) is 33.1 Å². The highest BCUT2D eigenvalue weighted by atomic mass is 31.2. The van der Waals surface area contributed by atoms with Gasteiger partial charge in [0.1, 0.15) is 18.4 Å². The predicted molar refractivity (Wildman–Crippen MR) is 123 cm³/mol. The normalized spacial score (nSPS) is 34.1. The summed E-state index contributed by atoms with van der Waals surface area (Å²) < 4.78 is 73.7. The molecule has 3 heterocycles. The van der Waals surface area contributed by atoms with Gasteiger partial charge in [-0.15, -0.1) is 0 Å². The Kier molecular flexibility index (Phi) is 6.90. The molecule has 2 aliphatic carbocycles. The molecular formula is C22H28FN2O13P. The molecule has 0 radical (unpaired) electrons. The summed E-state index contributed by atoms with van der Waals surface area (Å²) in [6, 6.07) is 1.10. The number of aromatic nitrogens is 2. The predicted octanol–water partition coefficient (Wildman–Crippen LogP) is 1.17. The summed E-state index contributed by atoms with van der Waals surface area (Å²) in [5.41, 5.74) is -6.75. The summed E-state index contributed by atoms with van der Waals surface area (Å²) >= 11 is 0. The zero-order valence-electron chi connectivity index (χ0n) is 21.3. The molecule has 2 aliphatic heterocycles. The summed E-state index contributed by atoms with van der Waals surface area (Å²) in [6.07, 6.45) is 0.859. The van der Waals surface area contributed by atoms with Gasteiger partial charge in [-0.2, -0.15) is 0 Å². The summed E-state index contributed by atoms with van der Waals surface area (Å²) in [5.74, 6) is -2.68. The fraction of sp³-hybridized carbons (Fsp3) is 0.727. The van der Waals surface area contributed by atoms with E-state index in [1.807, 2.05) is 0 Å². The lowest BCUT2D eigenvalue weighted by atomic mass is 9.94. The van der Waals surface area contributed by atoms with Crippen molar-refractivity contribution in [3.63, 3.8) is 0 Å². The van der Waals surface area contributed by atoms with Gasteiger partial charge in [0.05, 0.1) is 0 Å². The molecule has 4 aliphatic rings. The number of esters is 2. The lowest BCUT2D eigenvalue weighted by Crippen LogP contribution is -2.49. The molecule has 2 spiro atoms. The molecule has 1 aromatic heterocycles. The number of ether oxygens (including phenoxy) is 5. The van der Waals surface area contributed by atoms with E-state index in [4.69, 9.17) is 27.8 Å². The van der Waals surface area contributed by atoms with Gasteiger partial charge in [0.25, 0.3) is 5.56 Å². The molecule has 216 valence electrons. The van der Waals surface area contributed by atoms with Gasteiger partial charge in [-0.25, -0.2) is 22.8 Å². The first-order chi connectivity index (χ1) is 18.4. The minimum Gasteiger partial charge on any atom is -0.438 e. The number of aromatic amines is 1. The van der Waals surface area contributed by atoms with E-state index in [0.29, 0.717) is 12.8 Å². The number of carbonyl (C=O) groups excluding carboxylic acids is 2. The van der Waals surface area contributed by atoms with Gasteiger partial charge in [-0.1, -0.05) is 0 Å². The summed E-state index contributed by atoms with van der Waals surface area (Å²) in [6.45, 7) is 0.774. The topological polar surface area (TPSA) is 180 Å². The number of phosphoric acid groups is 1. The molecule has 5 atom stereocenters. The average molecular weight is 578 g/mol. The maximum absolute atomic E-state index is 15.0. The fourth-order valence-electron chi connectivity index (χ4n) is 5.83. The van der Waals surface area contributed by atoms with E-state index in [0.717, 1.165) is 37.3 Å². The van der Waals surface area contributed by atoms with Crippen molar-refractivity contribution in [2.75, 3.05) is 20.3 Å². The van der Waals surface area contributed by atoms with E-state index in [1.165, 1.54) is 6.20 Å². The Labute approximate surface area is 220 Å². The molecule has 0 bridgehead atoms. The van der Waals surface area contributed by atoms with Crippen LogP contribution in [-0.4, -0.2) is 70.4 Å². The van der Waals surface area contributed by atoms with Crippen molar-refractivity contribution >= 4 is 19.8 Å². The molecule has 0 amide bonds. The fourth-order valence-corrected chi connectivity index (χ4v) is 6.96. The summed E-state index contributed by atoms with van der Waals surface area (Å²) in [5, 5.41) is 0. The van der Waals surface area contributed by atoms with Gasteiger partial charge in [-0.05, 0) is 19.8 Å². The molecule has 1 aromatic rings. The highest BCUT2D eigenvalue weighted by molar-refractivity contribution is 7.48. The van der Waals surface area contributed by atoms with Crippen molar-refractivity contribution in [2.45, 2.75) is 81.4 Å². The summed E-state index contributed by atoms with van der Waals surface area (Å²) in [4.78, 5) is 48.8. The maximum atomic E-state index is 15.0. The monoisotopic (exact) mass is 578 g/mol. The Hall–Kier alpha value is -2.46. The Morgan fingerprint density at radius 3 is 2.28 bits per heavy atom. The van der Waals surface area contributed by atoms with E-state index in [-0.39, 0.29) is 0 Å². The average Bonchev–Trinajstić information content (AvgIpc) is 3.16. The molecule has 39 heavy (non-hydrogen) atoms. The number of hydrogen-bond donors (Lipinski definition) is 1. The van der Waals surface area contributed by atoms with Crippen molar-refractivity contribution in [1.82, 2.24) is 9.55 Å². The van der Waals surface area contributed by atoms with Gasteiger partial charge in [-0.3, -0.25) is 28.5 Å². The zero-order chi connectivity index (χ0) is 28.3. The van der Waals surface area contributed by atoms with Crippen LogP contribution in [0.5, 0.6) is 0 Å². The highest BCUT2D eigenvalue weighted by Gasteiger charge is 2.99. The highest BCUT2D eigenvalue weighted by Crippen LogP contribution is 2.79. The SMILES string of the molecule is CC(=O)OCOP(=O)(OCOC(C)=O)OC1[C@]23OC4(CCCC4)O[C@@]2(C)[C@H](n2ccc(=O)[nH]c2=O)O[C@]13CF. The quantitative estimate of drug-likeness (QED) is 0.238. The van der Waals surface area contributed by atoms with Crippen LogP contribution in [0, 0.1) is 0 Å². The first kappa shape index (κ1) is 28.1. The molecule has 1 unspecified atom stereocenters. The first-order valence-electron chi connectivity index (χ1n) is 12.2. The molecule has 1 N–H and O–H groups in total. The number of phosphoric ester groups is 1. The zero-order valence-corrected chi connectivity index (χ0v) is 22.2. The Balaban J connectivity index is 1.51. The van der Waals surface area contributed by atoms with Gasteiger partial charge in [0, 0.05) is 39.0 Å². The van der Waals surface area contributed by atoms with Crippen LogP contribution in [0.1, 0.15) is 52.7 Å². The van der Waals surface area contributed by atoms with Crippen LogP contribution in [0.3, 0.4) is 0 Å². The van der Waals surface area contributed by atoms with Crippen LogP contribution < -0.4 is 11.2 Å². The Morgan fingerprint density at radius 1 is 1.13 bits per heavy atom. The van der Waals surface area contributed by atoms with Gasteiger partial charge in [0.15, 0.2) is 23.2 Å². The smallest absolute Gasteiger partial charge is 0.438 e. The van der Waals surface area contributed by atoms with E-state index in [9.17, 15) is 23.7 Å². The van der Waals surface area contributed by atoms with Crippen molar-refractivity contribution in [1.29, 1.82) is 0 Å². The minimum atomic E-state index is -4.72. The van der Waals surface area contributed by atoms with Crippen LogP contribution in [0.2, 0.25) is 0 Å². The molecular weight excluding hydrogens is 550 g/mol. The molecule has 15 nitrogen and oxygen atoms in total. The van der Waals surface area contributed by atoms with E-state index < -0.39 is 86.2 Å². The van der Waals surface area contributed by atoms with Gasteiger partial charge < -0.3 is 23.7 Å². The minimum absolute atomic E-state index is 0.455. The van der Waals surface area contributed by atoms with E-state index in [2.05, 4.69) is 14.5 Å². The van der Waals surface area contributed by atoms with Crippen LogP contribution in [0.25, 0.3) is 0 Å². The molecule has 4 fully saturated rings. The van der Waals surface area contributed by atoms with Crippen LogP contribution in [-0.2, 0) is 51.4 Å². The second kappa shape index (κ2) is 9.58. The molecule has 2 saturated heterocycles. The number of nitrogens with zero attached hydrogens (tertiary/aromatic N) is 1. The third-order valence-corrected chi connectivity index (χ3v) is 8.77. The lowest BCUT2D eigenvalue weighted by Gasteiger charge is -2.34. The number of alkyl halides is 1. The van der Waals surface area contributed by atoms with Crippen LogP contribution >= 0.6 is 7.82 Å². The van der Waals surface area contributed by atoms with Crippen molar-refractivity contribution in [2.24, 2.45) is 0 Å². The molecule has 0 aromatic carbocycles.